The molecule has 0 radical (unpaired) electrons. The van der Waals surface area contributed by atoms with E-state index in [9.17, 15) is 9.59 Å². The van der Waals surface area contributed by atoms with E-state index in [1.54, 1.807) is 0 Å². The summed E-state index contributed by atoms with van der Waals surface area (Å²) >= 11 is 0. The van der Waals surface area contributed by atoms with Gasteiger partial charge in [-0.3, -0.25) is 9.59 Å². The first kappa shape index (κ1) is 25.1. The summed E-state index contributed by atoms with van der Waals surface area (Å²) in [6.07, 6.45) is 3.54. The van der Waals surface area contributed by atoms with E-state index in [-0.39, 0.29) is 12.8 Å². The van der Waals surface area contributed by atoms with Crippen LogP contribution >= 0.6 is 0 Å². The fraction of sp³-hybridized carbons (Fsp3) is 0.889. The van der Waals surface area contributed by atoms with Crippen LogP contribution in [0, 0.1) is 11.8 Å². The molecule has 0 spiro atoms. The maximum Gasteiger partial charge on any atom is 0.305 e. The van der Waals surface area contributed by atoms with Gasteiger partial charge in [0, 0.05) is 0 Å². The minimum absolute atomic E-state index is 0.127. The van der Waals surface area contributed by atoms with Gasteiger partial charge in [0.25, 0.3) is 0 Å². The van der Waals surface area contributed by atoms with E-state index in [1.165, 1.54) is 0 Å². The molecule has 0 fully saturated rings. The molecule has 2 unspecified atom stereocenters. The molecule has 6 heteroatoms. The Morgan fingerprint density at radius 3 is 1.17 bits per heavy atom. The molecule has 0 aliphatic heterocycles. The quantitative estimate of drug-likeness (QED) is 0.430. The monoisotopic (exact) mass is 348 g/mol. The Kier molecular flexibility index (Phi) is 16.1. The van der Waals surface area contributed by atoms with E-state index in [4.69, 9.17) is 20.4 Å². The number of carbonyl (C=O) groups is 2. The zero-order chi connectivity index (χ0) is 19.1. The lowest BCUT2D eigenvalue weighted by Crippen LogP contribution is -2.12. The van der Waals surface area contributed by atoms with Crippen molar-refractivity contribution in [3.8, 4) is 0 Å². The second kappa shape index (κ2) is 15.4. The Morgan fingerprint density at radius 2 is 0.958 bits per heavy atom. The third kappa shape index (κ3) is 23.1. The standard InChI is InChI=1S/2C9H18O3/c2*1-7(2)4-3-5-8(10)6-9(11)12/h2*7-8,10H,3-6H2,1-2H3,(H,11,12). The largest absolute Gasteiger partial charge is 0.481 e. The van der Waals surface area contributed by atoms with E-state index >= 15 is 0 Å². The average molecular weight is 348 g/mol. The molecule has 144 valence electrons. The van der Waals surface area contributed by atoms with Crippen molar-refractivity contribution in [3.05, 3.63) is 0 Å². The van der Waals surface area contributed by atoms with Crippen molar-refractivity contribution in [2.24, 2.45) is 11.8 Å². The Balaban J connectivity index is 0. The first-order chi connectivity index (χ1) is 11.0. The number of rotatable bonds is 12. The van der Waals surface area contributed by atoms with Gasteiger partial charge in [0.2, 0.25) is 0 Å². The van der Waals surface area contributed by atoms with Crippen molar-refractivity contribution in [2.75, 3.05) is 0 Å². The molecule has 0 heterocycles. The second-order valence-corrected chi connectivity index (χ2v) is 7.15. The lowest BCUT2D eigenvalue weighted by atomic mass is 10.0. The fourth-order valence-corrected chi connectivity index (χ4v) is 2.13. The van der Waals surface area contributed by atoms with Gasteiger partial charge in [-0.1, -0.05) is 53.4 Å². The molecule has 0 aromatic carbocycles. The zero-order valence-electron chi connectivity index (χ0n) is 15.6. The Bertz CT molecular complexity index is 295. The lowest BCUT2D eigenvalue weighted by Gasteiger charge is -2.08. The van der Waals surface area contributed by atoms with Gasteiger partial charge < -0.3 is 20.4 Å². The van der Waals surface area contributed by atoms with Crippen molar-refractivity contribution < 1.29 is 30.0 Å². The highest BCUT2D eigenvalue weighted by atomic mass is 16.4. The summed E-state index contributed by atoms with van der Waals surface area (Å²) in [7, 11) is 0. The summed E-state index contributed by atoms with van der Waals surface area (Å²) in [6, 6.07) is 0. The van der Waals surface area contributed by atoms with Crippen molar-refractivity contribution in [2.45, 2.75) is 91.3 Å². The first-order valence-corrected chi connectivity index (χ1v) is 8.84. The molecule has 24 heavy (non-hydrogen) atoms. The van der Waals surface area contributed by atoms with Gasteiger partial charge in [-0.25, -0.2) is 0 Å². The molecule has 2 atom stereocenters. The Hall–Kier alpha value is -1.14. The number of hydrogen-bond acceptors (Lipinski definition) is 4. The van der Waals surface area contributed by atoms with Gasteiger partial charge in [0.15, 0.2) is 0 Å². The molecule has 0 amide bonds. The van der Waals surface area contributed by atoms with E-state index in [1.807, 2.05) is 0 Å². The molecule has 0 aromatic heterocycles. The predicted molar refractivity (Wildman–Crippen MR) is 93.9 cm³/mol. The summed E-state index contributed by atoms with van der Waals surface area (Å²) in [5.41, 5.74) is 0. The van der Waals surface area contributed by atoms with Crippen LogP contribution in [0.5, 0.6) is 0 Å². The smallest absolute Gasteiger partial charge is 0.305 e. The normalized spacial score (nSPS) is 13.3. The first-order valence-electron chi connectivity index (χ1n) is 8.84. The van der Waals surface area contributed by atoms with Gasteiger partial charge in [-0.05, 0) is 24.7 Å². The van der Waals surface area contributed by atoms with E-state index in [0.717, 1.165) is 25.7 Å². The van der Waals surface area contributed by atoms with Gasteiger partial charge in [-0.15, -0.1) is 0 Å². The van der Waals surface area contributed by atoms with E-state index in [0.29, 0.717) is 24.7 Å². The van der Waals surface area contributed by atoms with Crippen molar-refractivity contribution in [1.82, 2.24) is 0 Å². The summed E-state index contributed by atoms with van der Waals surface area (Å²) in [5, 5.41) is 35.0. The summed E-state index contributed by atoms with van der Waals surface area (Å²) in [5.74, 6) is -0.594. The number of aliphatic hydroxyl groups excluding tert-OH is 2. The molecule has 6 nitrogen and oxygen atoms in total. The maximum absolute atomic E-state index is 10.1. The third-order valence-corrected chi connectivity index (χ3v) is 3.46. The molecule has 0 bridgehead atoms. The summed E-state index contributed by atoms with van der Waals surface area (Å²) < 4.78 is 0. The van der Waals surface area contributed by atoms with Gasteiger partial charge in [0.1, 0.15) is 0 Å². The molecular weight excluding hydrogens is 312 g/mol. The van der Waals surface area contributed by atoms with Gasteiger partial charge >= 0.3 is 11.9 Å². The van der Waals surface area contributed by atoms with Gasteiger partial charge in [-0.2, -0.15) is 0 Å². The molecule has 0 saturated heterocycles. The molecule has 0 rings (SSSR count). The van der Waals surface area contributed by atoms with Crippen LogP contribution in [0.25, 0.3) is 0 Å². The topological polar surface area (TPSA) is 115 Å². The van der Waals surface area contributed by atoms with Crippen LogP contribution in [0.15, 0.2) is 0 Å². The highest BCUT2D eigenvalue weighted by Crippen LogP contribution is 2.10. The molecule has 0 aromatic rings. The minimum Gasteiger partial charge on any atom is -0.481 e. The second-order valence-electron chi connectivity index (χ2n) is 7.15. The molecular formula is C18H36O6. The molecule has 0 aliphatic rings. The zero-order valence-corrected chi connectivity index (χ0v) is 15.6. The van der Waals surface area contributed by atoms with Crippen molar-refractivity contribution >= 4 is 11.9 Å². The number of hydrogen-bond donors (Lipinski definition) is 4. The highest BCUT2D eigenvalue weighted by Gasteiger charge is 2.09. The summed E-state index contributed by atoms with van der Waals surface area (Å²) in [4.78, 5) is 20.3. The molecule has 0 saturated carbocycles. The van der Waals surface area contributed by atoms with Crippen LogP contribution in [0.2, 0.25) is 0 Å². The Labute approximate surface area is 145 Å². The predicted octanol–water partition coefficient (Wildman–Crippen LogP) is 3.30. The Morgan fingerprint density at radius 1 is 0.667 bits per heavy atom. The van der Waals surface area contributed by atoms with Crippen LogP contribution in [0.4, 0.5) is 0 Å². The van der Waals surface area contributed by atoms with Crippen LogP contribution in [-0.4, -0.2) is 44.6 Å². The third-order valence-electron chi connectivity index (χ3n) is 3.46. The SMILES string of the molecule is CC(C)CCCC(O)CC(=O)O.CC(C)CCCC(O)CC(=O)O. The van der Waals surface area contributed by atoms with Crippen molar-refractivity contribution in [3.63, 3.8) is 0 Å². The highest BCUT2D eigenvalue weighted by molar-refractivity contribution is 5.67. The minimum atomic E-state index is -0.924. The molecule has 0 aliphatic carbocycles. The van der Waals surface area contributed by atoms with Crippen molar-refractivity contribution in [1.29, 1.82) is 0 Å². The fourth-order valence-electron chi connectivity index (χ4n) is 2.13. The van der Waals surface area contributed by atoms with Crippen LogP contribution in [0.3, 0.4) is 0 Å². The van der Waals surface area contributed by atoms with Crippen LogP contribution < -0.4 is 0 Å². The number of carboxylic acids is 2. The number of aliphatic hydroxyl groups is 2. The number of aliphatic carboxylic acids is 2. The lowest BCUT2D eigenvalue weighted by molar-refractivity contribution is -0.140. The van der Waals surface area contributed by atoms with E-state index < -0.39 is 24.1 Å². The van der Waals surface area contributed by atoms with Gasteiger partial charge in [0.05, 0.1) is 25.0 Å². The van der Waals surface area contributed by atoms with Crippen LogP contribution in [-0.2, 0) is 9.59 Å². The number of carboxylic acid groups (broad SMARTS) is 2. The molecule has 4 N–H and O–H groups in total. The van der Waals surface area contributed by atoms with E-state index in [2.05, 4.69) is 27.7 Å². The summed E-state index contributed by atoms with van der Waals surface area (Å²) in [6.45, 7) is 8.46. The van der Waals surface area contributed by atoms with Crippen LogP contribution in [0.1, 0.15) is 79.1 Å². The maximum atomic E-state index is 10.1. The average Bonchev–Trinajstić information content (AvgIpc) is 2.36.